The van der Waals surface area contributed by atoms with Crippen molar-refractivity contribution >= 4 is 17.7 Å². The summed E-state index contributed by atoms with van der Waals surface area (Å²) in [5.41, 5.74) is 3.56. The molecule has 1 aliphatic carbocycles. The number of esters is 1. The molecule has 1 N–H and O–H groups in total. The van der Waals surface area contributed by atoms with Crippen molar-refractivity contribution in [2.24, 2.45) is 0 Å². The predicted octanol–water partition coefficient (Wildman–Crippen LogP) is 3.49. The molecule has 2 aromatic rings. The number of ether oxygens (including phenoxy) is 3. The fourth-order valence-electron chi connectivity index (χ4n) is 4.56. The summed E-state index contributed by atoms with van der Waals surface area (Å²) in [6.07, 6.45) is 1.10. The van der Waals surface area contributed by atoms with Crippen molar-refractivity contribution in [2.45, 2.75) is 31.1 Å². The highest BCUT2D eigenvalue weighted by atomic mass is 16.5. The molecule has 1 amide bonds. The number of rotatable bonds is 5. The number of Topliss-reactive ketones (excluding diaryl/α,β-unsaturated/α-hetero) is 1. The van der Waals surface area contributed by atoms with Crippen LogP contribution in [0, 0.1) is 0 Å². The van der Waals surface area contributed by atoms with Gasteiger partial charge in [0.15, 0.2) is 17.3 Å². The van der Waals surface area contributed by atoms with E-state index >= 15 is 0 Å². The van der Waals surface area contributed by atoms with Gasteiger partial charge in [0, 0.05) is 30.0 Å². The molecule has 0 bridgehead atoms. The summed E-state index contributed by atoms with van der Waals surface area (Å²) in [6, 6.07) is 12.5. The van der Waals surface area contributed by atoms with Crippen molar-refractivity contribution in [1.82, 2.24) is 5.32 Å². The van der Waals surface area contributed by atoms with Crippen LogP contribution in [0.1, 0.15) is 52.6 Å². The van der Waals surface area contributed by atoms with E-state index < -0.39 is 5.97 Å². The fraction of sp³-hybridized carbons (Fsp3) is 0.320. The average molecular weight is 435 g/mol. The Morgan fingerprint density at radius 2 is 1.56 bits per heavy atom. The van der Waals surface area contributed by atoms with Crippen LogP contribution in [0.3, 0.4) is 0 Å². The Balaban J connectivity index is 1.65. The Bertz CT molecular complexity index is 1100. The summed E-state index contributed by atoms with van der Waals surface area (Å²) in [4.78, 5) is 37.5. The zero-order chi connectivity index (χ0) is 22.8. The van der Waals surface area contributed by atoms with E-state index in [1.807, 2.05) is 18.2 Å². The lowest BCUT2D eigenvalue weighted by Crippen LogP contribution is -2.38. The van der Waals surface area contributed by atoms with Crippen LogP contribution in [0.5, 0.6) is 11.5 Å². The van der Waals surface area contributed by atoms with Gasteiger partial charge in [-0.25, -0.2) is 4.79 Å². The minimum Gasteiger partial charge on any atom is -0.493 e. The molecule has 0 unspecified atom stereocenters. The molecule has 0 radical (unpaired) electrons. The monoisotopic (exact) mass is 435 g/mol. The van der Waals surface area contributed by atoms with Crippen LogP contribution in [-0.4, -0.2) is 39.0 Å². The summed E-state index contributed by atoms with van der Waals surface area (Å²) < 4.78 is 15.5. The van der Waals surface area contributed by atoms with Crippen molar-refractivity contribution in [3.8, 4) is 11.5 Å². The molecule has 4 rings (SSSR count). The molecule has 7 nitrogen and oxygen atoms in total. The van der Waals surface area contributed by atoms with Crippen LogP contribution in [0.25, 0.3) is 0 Å². The van der Waals surface area contributed by atoms with Gasteiger partial charge in [0.25, 0.3) is 0 Å². The first-order valence-electron chi connectivity index (χ1n) is 10.4. The van der Waals surface area contributed by atoms with Gasteiger partial charge in [0.05, 0.1) is 26.9 Å². The van der Waals surface area contributed by atoms with E-state index in [4.69, 9.17) is 14.2 Å². The molecule has 1 heterocycles. The van der Waals surface area contributed by atoms with Crippen LogP contribution in [0.15, 0.2) is 53.7 Å². The molecule has 0 saturated carbocycles. The lowest BCUT2D eigenvalue weighted by molar-refractivity contribution is -0.122. The first kappa shape index (κ1) is 21.6. The number of carbonyl (C=O) groups is 3. The lowest BCUT2D eigenvalue weighted by atomic mass is 9.73. The molecule has 7 heteroatoms. The molecule has 2 atom stereocenters. The third-order valence-corrected chi connectivity index (χ3v) is 6.15. The summed E-state index contributed by atoms with van der Waals surface area (Å²) >= 11 is 0. The minimum absolute atomic E-state index is 0.0214. The summed E-state index contributed by atoms with van der Waals surface area (Å²) in [5, 5.41) is 2.93. The number of hydrogen-bond donors (Lipinski definition) is 1. The van der Waals surface area contributed by atoms with Gasteiger partial charge in [-0.05, 0) is 47.7 Å². The molecule has 0 spiro atoms. The molecule has 2 aromatic carbocycles. The zero-order valence-corrected chi connectivity index (χ0v) is 18.3. The molecule has 166 valence electrons. The van der Waals surface area contributed by atoms with Gasteiger partial charge in [0.1, 0.15) is 0 Å². The highest BCUT2D eigenvalue weighted by Crippen LogP contribution is 2.43. The van der Waals surface area contributed by atoms with Crippen molar-refractivity contribution in [3.05, 3.63) is 70.4 Å². The number of methoxy groups -OCH3 is 3. The summed E-state index contributed by atoms with van der Waals surface area (Å²) in [6.45, 7) is 0. The number of benzene rings is 2. The van der Waals surface area contributed by atoms with Gasteiger partial charge in [-0.3, -0.25) is 9.59 Å². The highest BCUT2D eigenvalue weighted by Gasteiger charge is 2.38. The third-order valence-electron chi connectivity index (χ3n) is 6.15. The second-order valence-corrected chi connectivity index (χ2v) is 7.95. The lowest BCUT2D eigenvalue weighted by Gasteiger charge is -2.34. The first-order chi connectivity index (χ1) is 15.4. The molecule has 0 saturated heterocycles. The maximum atomic E-state index is 13.3. The number of carbonyl (C=O) groups excluding carboxylic acids is 3. The van der Waals surface area contributed by atoms with E-state index in [0.717, 1.165) is 11.1 Å². The number of hydrogen-bond acceptors (Lipinski definition) is 6. The third kappa shape index (κ3) is 3.98. The molecular formula is C25H25NO6. The Labute approximate surface area is 186 Å². The van der Waals surface area contributed by atoms with Gasteiger partial charge in [-0.15, -0.1) is 0 Å². The molecule has 32 heavy (non-hydrogen) atoms. The van der Waals surface area contributed by atoms with Gasteiger partial charge >= 0.3 is 5.97 Å². The maximum absolute atomic E-state index is 13.3. The van der Waals surface area contributed by atoms with Crippen LogP contribution < -0.4 is 14.8 Å². The Morgan fingerprint density at radius 3 is 2.22 bits per heavy atom. The Morgan fingerprint density at radius 1 is 0.875 bits per heavy atom. The van der Waals surface area contributed by atoms with E-state index in [-0.39, 0.29) is 29.9 Å². The highest BCUT2D eigenvalue weighted by molar-refractivity contribution is 6.02. The normalized spacial score (nSPS) is 20.3. The number of amides is 1. The molecule has 2 aliphatic rings. The first-order valence-corrected chi connectivity index (χ1v) is 10.4. The van der Waals surface area contributed by atoms with E-state index in [9.17, 15) is 14.4 Å². The van der Waals surface area contributed by atoms with E-state index in [0.29, 0.717) is 41.2 Å². The second kappa shape index (κ2) is 8.86. The minimum atomic E-state index is -0.427. The van der Waals surface area contributed by atoms with Crippen molar-refractivity contribution in [3.63, 3.8) is 0 Å². The molecular weight excluding hydrogens is 410 g/mol. The summed E-state index contributed by atoms with van der Waals surface area (Å²) in [7, 11) is 4.48. The number of allylic oxidation sites excluding steroid dienone is 2. The van der Waals surface area contributed by atoms with Gasteiger partial charge in [-0.2, -0.15) is 0 Å². The fourth-order valence-corrected chi connectivity index (χ4v) is 4.56. The molecule has 0 aromatic heterocycles. The molecule has 1 aliphatic heterocycles. The van der Waals surface area contributed by atoms with Crippen LogP contribution in [0.4, 0.5) is 0 Å². The quantitative estimate of drug-likeness (QED) is 0.723. The predicted molar refractivity (Wildman–Crippen MR) is 117 cm³/mol. The zero-order valence-electron chi connectivity index (χ0n) is 18.3. The van der Waals surface area contributed by atoms with Crippen molar-refractivity contribution in [1.29, 1.82) is 0 Å². The largest absolute Gasteiger partial charge is 0.493 e. The Hall–Kier alpha value is -3.61. The van der Waals surface area contributed by atoms with Crippen LogP contribution >= 0.6 is 0 Å². The van der Waals surface area contributed by atoms with E-state index in [1.54, 1.807) is 38.5 Å². The van der Waals surface area contributed by atoms with E-state index in [1.165, 1.54) is 7.11 Å². The van der Waals surface area contributed by atoms with Crippen molar-refractivity contribution in [2.75, 3.05) is 21.3 Å². The van der Waals surface area contributed by atoms with Gasteiger partial charge < -0.3 is 19.5 Å². The standard InChI is InChI=1S/C25H25NO6/c1-30-21-9-8-16(12-22(21)31-2)17-10-19-24(20(27)11-17)18(13-23(28)26-19)14-4-6-15(7-5-14)25(29)32-3/h4-9,12,17-18H,10-11,13H2,1-3H3,(H,26,28)/t17-,18-/m1/s1. The van der Waals surface area contributed by atoms with Crippen LogP contribution in [-0.2, 0) is 14.3 Å². The number of ketones is 1. The van der Waals surface area contributed by atoms with Gasteiger partial charge in [-0.1, -0.05) is 18.2 Å². The molecule has 0 fully saturated rings. The average Bonchev–Trinajstić information content (AvgIpc) is 2.82. The second-order valence-electron chi connectivity index (χ2n) is 7.95. The smallest absolute Gasteiger partial charge is 0.337 e. The van der Waals surface area contributed by atoms with Gasteiger partial charge in [0.2, 0.25) is 5.91 Å². The number of nitrogens with one attached hydrogen (secondary N) is 1. The topological polar surface area (TPSA) is 90.9 Å². The SMILES string of the molecule is COC(=O)c1ccc([C@H]2CC(=O)NC3=C2C(=O)C[C@H](c2ccc(OC)c(OC)c2)C3)cc1. The van der Waals surface area contributed by atoms with Crippen LogP contribution in [0.2, 0.25) is 0 Å². The maximum Gasteiger partial charge on any atom is 0.337 e. The summed E-state index contributed by atoms with van der Waals surface area (Å²) in [5.74, 6) is 0.309. The Kier molecular flexibility index (Phi) is 5.99. The van der Waals surface area contributed by atoms with Crippen molar-refractivity contribution < 1.29 is 28.6 Å². The van der Waals surface area contributed by atoms with E-state index in [2.05, 4.69) is 5.32 Å².